The number of nitrogens with zero attached hydrogens (tertiary/aromatic N) is 2. The minimum absolute atomic E-state index is 0. The maximum Gasteiger partial charge on any atom is 0.310 e. The van der Waals surface area contributed by atoms with Crippen LogP contribution in [0.1, 0.15) is 108 Å². The van der Waals surface area contributed by atoms with Crippen molar-refractivity contribution in [2.75, 3.05) is 14.1 Å². The Hall–Kier alpha value is -2.80. The molecule has 4 unspecified atom stereocenters. The van der Waals surface area contributed by atoms with E-state index in [2.05, 4.69) is 26.2 Å². The van der Waals surface area contributed by atoms with E-state index in [4.69, 9.17) is 18.9 Å². The number of halogens is 2. The van der Waals surface area contributed by atoms with Gasteiger partial charge in [-0.05, 0) is 30.7 Å². The molecule has 6 rings (SSSR count). The third-order valence-corrected chi connectivity index (χ3v) is 12.4. The van der Waals surface area contributed by atoms with Crippen LogP contribution in [0.4, 0.5) is 0 Å². The number of carbonyl (C=O) groups excluding carboxylic acids is 4. The molecule has 10 nitrogen and oxygen atoms in total. The minimum Gasteiger partial charge on any atom is -1.00 e. The van der Waals surface area contributed by atoms with Crippen molar-refractivity contribution in [1.82, 2.24) is 0 Å². The van der Waals surface area contributed by atoms with Gasteiger partial charge in [0.05, 0.1) is 38.3 Å². The van der Waals surface area contributed by atoms with Gasteiger partial charge >= 0.3 is 23.9 Å². The molecule has 0 radical (unpaired) electrons. The smallest absolute Gasteiger partial charge is 0.310 e. The van der Waals surface area contributed by atoms with Crippen LogP contribution in [-0.2, 0) is 41.7 Å². The van der Waals surface area contributed by atoms with Gasteiger partial charge in [0, 0.05) is 88.2 Å². The van der Waals surface area contributed by atoms with E-state index in [1.807, 2.05) is 36.4 Å². The van der Waals surface area contributed by atoms with Crippen molar-refractivity contribution >= 4 is 23.9 Å². The number of fused-ring (bicyclic) bond motifs is 4. The Morgan fingerprint density at radius 1 is 0.585 bits per heavy atom. The van der Waals surface area contributed by atoms with E-state index in [0.717, 1.165) is 84.5 Å². The molecule has 0 N–H and O–H groups in total. The average molecular weight is 865 g/mol. The predicted octanol–water partition coefficient (Wildman–Crippen LogP) is 0.562. The molecule has 0 aromatic heterocycles. The summed E-state index contributed by atoms with van der Waals surface area (Å²) in [5.74, 6) is 0.245. The topological polar surface area (TPSA) is 105 Å². The zero-order valence-electron chi connectivity index (χ0n) is 31.6. The Balaban J connectivity index is 0.00000314. The molecule has 0 saturated carbocycles. The number of ether oxygens (including phenoxy) is 4. The highest BCUT2D eigenvalue weighted by molar-refractivity contribution is 5.73. The first-order valence-electron chi connectivity index (χ1n) is 19.1. The van der Waals surface area contributed by atoms with Crippen molar-refractivity contribution in [2.45, 2.75) is 147 Å². The second-order valence-corrected chi connectivity index (χ2v) is 15.8. The van der Waals surface area contributed by atoms with Gasteiger partial charge in [-0.1, -0.05) is 38.1 Å². The van der Waals surface area contributed by atoms with Gasteiger partial charge in [-0.25, -0.2) is 0 Å². The van der Waals surface area contributed by atoms with Crippen LogP contribution in [0.2, 0.25) is 0 Å². The van der Waals surface area contributed by atoms with Crippen molar-refractivity contribution in [3.63, 3.8) is 0 Å². The molecule has 0 aliphatic carbocycles. The summed E-state index contributed by atoms with van der Waals surface area (Å²) in [6, 6.07) is 17.3. The summed E-state index contributed by atoms with van der Waals surface area (Å²) in [4.78, 5) is 49.3. The first kappa shape index (κ1) is 42.9. The Labute approximate surface area is 335 Å². The van der Waals surface area contributed by atoms with Gasteiger partial charge in [-0.15, -0.1) is 0 Å². The molecule has 53 heavy (non-hydrogen) atoms. The highest BCUT2D eigenvalue weighted by atomic mass is 79.9. The fourth-order valence-electron chi connectivity index (χ4n) is 9.57. The summed E-state index contributed by atoms with van der Waals surface area (Å²) in [6.07, 6.45) is 9.13. The first-order valence-corrected chi connectivity index (χ1v) is 19.1. The molecule has 4 fully saturated rings. The molecule has 4 saturated heterocycles. The Kier molecular flexibility index (Phi) is 15.1. The van der Waals surface area contributed by atoms with Crippen LogP contribution in [-0.4, -0.2) is 83.3 Å². The van der Waals surface area contributed by atoms with Crippen molar-refractivity contribution < 1.29 is 81.1 Å². The SMILES string of the molecule is CCC(=O)Oc1cccc(C[N+]2(C)[C@@H]3CC[C@H]2CC(OC(=O)CCCC(=O)OC2C[C@H]4CC[C@@H](C2)[N+]4(C)Cc2cccc(OC(=O)CC)c2)C3)c1.[Br-].[Br-]. The van der Waals surface area contributed by atoms with Crippen molar-refractivity contribution in [3.8, 4) is 11.5 Å². The Bertz CT molecular complexity index is 1460. The number of esters is 4. The molecule has 4 aliphatic heterocycles. The van der Waals surface area contributed by atoms with Gasteiger partial charge in [0.2, 0.25) is 0 Å². The van der Waals surface area contributed by atoms with E-state index < -0.39 is 0 Å². The van der Waals surface area contributed by atoms with Gasteiger partial charge in [0.1, 0.15) is 36.8 Å². The number of carbonyl (C=O) groups is 4. The van der Waals surface area contributed by atoms with Crippen LogP contribution in [0.15, 0.2) is 48.5 Å². The minimum atomic E-state index is -0.236. The summed E-state index contributed by atoms with van der Waals surface area (Å²) in [5, 5.41) is 0. The monoisotopic (exact) mass is 862 g/mol. The van der Waals surface area contributed by atoms with Crippen LogP contribution in [0.5, 0.6) is 11.5 Å². The summed E-state index contributed by atoms with van der Waals surface area (Å²) >= 11 is 0. The molecule has 292 valence electrons. The predicted molar refractivity (Wildman–Crippen MR) is 190 cm³/mol. The van der Waals surface area contributed by atoms with Crippen LogP contribution < -0.4 is 43.4 Å². The summed E-state index contributed by atoms with van der Waals surface area (Å²) in [7, 11) is 4.61. The lowest BCUT2D eigenvalue weighted by atomic mass is 9.95. The number of quaternary nitrogens is 2. The molecular weight excluding hydrogens is 808 g/mol. The normalized spacial score (nSPS) is 29.6. The van der Waals surface area contributed by atoms with E-state index >= 15 is 0 Å². The van der Waals surface area contributed by atoms with E-state index in [1.165, 1.54) is 0 Å². The van der Waals surface area contributed by atoms with Gasteiger partial charge < -0.3 is 61.9 Å². The van der Waals surface area contributed by atoms with Crippen molar-refractivity contribution in [2.24, 2.45) is 0 Å². The third kappa shape index (κ3) is 10.3. The van der Waals surface area contributed by atoms with Crippen molar-refractivity contribution in [1.29, 1.82) is 0 Å². The fourth-order valence-corrected chi connectivity index (χ4v) is 9.57. The van der Waals surface area contributed by atoms with E-state index in [0.29, 0.717) is 54.9 Å². The Morgan fingerprint density at radius 2 is 0.943 bits per heavy atom. The van der Waals surface area contributed by atoms with E-state index in [9.17, 15) is 19.2 Å². The molecule has 4 aliphatic rings. The zero-order valence-corrected chi connectivity index (χ0v) is 34.8. The lowest BCUT2D eigenvalue weighted by Crippen LogP contribution is -3.00. The lowest BCUT2D eigenvalue weighted by Gasteiger charge is -2.47. The highest BCUT2D eigenvalue weighted by Crippen LogP contribution is 2.45. The first-order chi connectivity index (χ1) is 24.5. The molecule has 2 aromatic carbocycles. The molecule has 4 heterocycles. The van der Waals surface area contributed by atoms with Crippen LogP contribution in [0.25, 0.3) is 0 Å². The van der Waals surface area contributed by atoms with Gasteiger partial charge in [-0.2, -0.15) is 0 Å². The Morgan fingerprint density at radius 3 is 1.28 bits per heavy atom. The lowest BCUT2D eigenvalue weighted by molar-refractivity contribution is -0.961. The number of rotatable bonds is 14. The van der Waals surface area contributed by atoms with Crippen LogP contribution >= 0.6 is 0 Å². The summed E-state index contributed by atoms with van der Waals surface area (Å²) < 4.78 is 24.7. The molecule has 2 aromatic rings. The van der Waals surface area contributed by atoms with Gasteiger partial charge in [-0.3, -0.25) is 19.2 Å². The largest absolute Gasteiger partial charge is 1.00 e. The maximum atomic E-state index is 12.9. The highest BCUT2D eigenvalue weighted by Gasteiger charge is 2.53. The maximum absolute atomic E-state index is 12.9. The third-order valence-electron chi connectivity index (χ3n) is 12.4. The second kappa shape index (κ2) is 18.7. The molecule has 8 atom stereocenters. The molecule has 4 bridgehead atoms. The molecule has 0 amide bonds. The van der Waals surface area contributed by atoms with Gasteiger partial charge in [0.25, 0.3) is 0 Å². The van der Waals surface area contributed by atoms with Crippen LogP contribution in [0, 0.1) is 0 Å². The quantitative estimate of drug-likeness (QED) is 0.155. The number of hydrogen-bond donors (Lipinski definition) is 0. The average Bonchev–Trinajstić information content (AvgIpc) is 3.33. The van der Waals surface area contributed by atoms with Gasteiger partial charge in [0.15, 0.2) is 0 Å². The number of hydrogen-bond acceptors (Lipinski definition) is 8. The van der Waals surface area contributed by atoms with Crippen molar-refractivity contribution in [3.05, 3.63) is 59.7 Å². The molecule has 0 spiro atoms. The summed E-state index contributed by atoms with van der Waals surface area (Å²) in [5.41, 5.74) is 2.29. The number of benzene rings is 2. The van der Waals surface area contributed by atoms with Crippen LogP contribution in [0.3, 0.4) is 0 Å². The van der Waals surface area contributed by atoms with E-state index in [1.54, 1.807) is 13.8 Å². The number of piperidine rings is 2. The zero-order chi connectivity index (χ0) is 36.2. The fraction of sp³-hybridized carbons (Fsp3) is 0.610. The molecule has 12 heteroatoms. The summed E-state index contributed by atoms with van der Waals surface area (Å²) in [6.45, 7) is 5.28. The van der Waals surface area contributed by atoms with E-state index in [-0.39, 0.29) is 82.9 Å². The standard InChI is InChI=1S/C41H56N2O8.2BrH/c1-5-38(44)48-34-12-7-10-28(20-34)26-42(3)30-16-17-31(42)23-36(22-30)50-40(46)14-9-15-41(47)51-37-24-32-18-19-33(25-37)43(32,4)27-29-11-8-13-35(21-29)49-39(45)6-2;;/h7-8,10-13,20-21,30-33,36-37H,5-6,9,14-19,22-27H2,1-4H3;2*1H/q+2;;/p-2/t30-,31+,32-,33+,36?,37?,42?,43?;;. The second-order valence-electron chi connectivity index (χ2n) is 15.8. The molecular formula is C41H56Br2N2O8.